The van der Waals surface area contributed by atoms with Gasteiger partial charge in [-0.2, -0.15) is 0 Å². The average molecular weight is 403 g/mol. The minimum absolute atomic E-state index is 0.0412. The molecular formula is C19H16ClFN4O3. The number of hydrogen-bond donors (Lipinski definition) is 3. The van der Waals surface area contributed by atoms with Crippen molar-refractivity contribution in [1.29, 1.82) is 0 Å². The molecule has 0 amide bonds. The number of benzene rings is 2. The Morgan fingerprint density at radius 3 is 2.68 bits per heavy atom. The summed E-state index contributed by atoms with van der Waals surface area (Å²) in [6.07, 6.45) is -0.913. The molecule has 3 N–H and O–H groups in total. The normalized spacial score (nSPS) is 13.0. The van der Waals surface area contributed by atoms with Gasteiger partial charge in [-0.25, -0.2) is 9.24 Å². The van der Waals surface area contributed by atoms with Gasteiger partial charge in [0.25, 0.3) is 0 Å². The highest BCUT2D eigenvalue weighted by molar-refractivity contribution is 6.34. The van der Waals surface area contributed by atoms with E-state index in [4.69, 9.17) is 22.6 Å². The minimum atomic E-state index is -0.913. The molecular weight excluding hydrogens is 387 g/mol. The fraction of sp³-hybridized carbons (Fsp3) is 0.211. The summed E-state index contributed by atoms with van der Waals surface area (Å²) in [6.45, 7) is 10.4. The molecule has 0 radical (unpaired) electrons. The number of aromatic hydroxyl groups is 1. The fourth-order valence-corrected chi connectivity index (χ4v) is 2.79. The van der Waals surface area contributed by atoms with Gasteiger partial charge in [-0.1, -0.05) is 17.7 Å². The quantitative estimate of drug-likeness (QED) is 0.538. The molecule has 2 aromatic carbocycles. The summed E-state index contributed by atoms with van der Waals surface area (Å²) in [6, 6.07) is 6.18. The summed E-state index contributed by atoms with van der Waals surface area (Å²) >= 11 is 6.20. The second kappa shape index (κ2) is 7.84. The molecule has 0 fully saturated rings. The molecule has 3 rings (SSSR count). The third kappa shape index (κ3) is 3.76. The van der Waals surface area contributed by atoms with Crippen molar-refractivity contribution in [2.24, 2.45) is 0 Å². The zero-order valence-corrected chi connectivity index (χ0v) is 15.7. The maximum atomic E-state index is 13.6. The summed E-state index contributed by atoms with van der Waals surface area (Å²) in [5.41, 5.74) is 1.85. The molecule has 144 valence electrons. The summed E-state index contributed by atoms with van der Waals surface area (Å²) in [7, 11) is 0. The molecule has 0 unspecified atom stereocenters. The van der Waals surface area contributed by atoms with Crippen LogP contribution < -0.4 is 5.32 Å². The first-order valence-electron chi connectivity index (χ1n) is 8.25. The van der Waals surface area contributed by atoms with E-state index in [2.05, 4.69) is 20.4 Å². The van der Waals surface area contributed by atoms with E-state index in [0.717, 1.165) is 6.07 Å². The number of nitrogens with zero attached hydrogens (tertiary/aromatic N) is 3. The summed E-state index contributed by atoms with van der Waals surface area (Å²) in [5.74, 6) is -1.17. The number of phenolic OH excluding ortho intramolecular Hbond substituents is 1. The average Bonchev–Trinajstić information content (AvgIpc) is 3.14. The first kappa shape index (κ1) is 19.6. The smallest absolute Gasteiger partial charge is 0.247 e. The largest absolute Gasteiger partial charge is 0.505 e. The van der Waals surface area contributed by atoms with Crippen molar-refractivity contribution >= 4 is 23.0 Å². The van der Waals surface area contributed by atoms with Gasteiger partial charge in [-0.3, -0.25) is 0 Å². The number of rotatable bonds is 5. The molecule has 0 saturated heterocycles. The van der Waals surface area contributed by atoms with Crippen LogP contribution in [0.2, 0.25) is 5.02 Å². The molecule has 0 aliphatic rings. The van der Waals surface area contributed by atoms with Crippen LogP contribution in [0.3, 0.4) is 0 Å². The van der Waals surface area contributed by atoms with Gasteiger partial charge in [0.05, 0.1) is 17.7 Å². The van der Waals surface area contributed by atoms with E-state index in [1.165, 1.54) is 12.1 Å². The Morgan fingerprint density at radius 2 is 2.04 bits per heavy atom. The third-order valence-electron chi connectivity index (χ3n) is 4.18. The molecule has 0 bridgehead atoms. The maximum Gasteiger partial charge on any atom is 0.247 e. The van der Waals surface area contributed by atoms with Crippen LogP contribution in [0, 0.1) is 19.3 Å². The topological polar surface area (TPSA) is 95.8 Å². The SMILES string of the molecule is [C-]#[N+]c1ccc(N[C@@H](c2nnc(-c3ccc(O)c(F)c3)o2)[C@H](C)O)c(C)c1Cl. The number of aromatic nitrogens is 2. The van der Waals surface area contributed by atoms with E-state index < -0.39 is 23.7 Å². The van der Waals surface area contributed by atoms with E-state index in [0.29, 0.717) is 27.5 Å². The molecule has 1 aromatic heterocycles. The van der Waals surface area contributed by atoms with Crippen LogP contribution in [0.4, 0.5) is 15.8 Å². The van der Waals surface area contributed by atoms with Crippen molar-refractivity contribution in [3.8, 4) is 17.2 Å². The molecule has 0 aliphatic heterocycles. The van der Waals surface area contributed by atoms with Crippen LogP contribution in [0.25, 0.3) is 16.3 Å². The first-order chi connectivity index (χ1) is 13.3. The van der Waals surface area contributed by atoms with Crippen molar-refractivity contribution in [1.82, 2.24) is 10.2 Å². The van der Waals surface area contributed by atoms with Gasteiger partial charge in [0.15, 0.2) is 11.6 Å². The highest BCUT2D eigenvalue weighted by atomic mass is 35.5. The van der Waals surface area contributed by atoms with Crippen LogP contribution in [0.5, 0.6) is 5.75 Å². The lowest BCUT2D eigenvalue weighted by atomic mass is 10.1. The molecule has 1 heterocycles. The Labute approximate surface area is 165 Å². The van der Waals surface area contributed by atoms with Gasteiger partial charge in [-0.15, -0.1) is 10.2 Å². The highest BCUT2D eigenvalue weighted by Gasteiger charge is 2.25. The van der Waals surface area contributed by atoms with Gasteiger partial charge in [-0.05, 0) is 43.7 Å². The predicted molar refractivity (Wildman–Crippen MR) is 102 cm³/mol. The Morgan fingerprint density at radius 1 is 1.29 bits per heavy atom. The van der Waals surface area contributed by atoms with Crippen molar-refractivity contribution in [2.45, 2.75) is 26.0 Å². The number of anilines is 1. The summed E-state index contributed by atoms with van der Waals surface area (Å²) < 4.78 is 19.2. The molecule has 2 atom stereocenters. The fourth-order valence-electron chi connectivity index (χ4n) is 2.59. The number of aliphatic hydroxyl groups excluding tert-OH is 1. The van der Waals surface area contributed by atoms with Gasteiger partial charge in [0, 0.05) is 11.3 Å². The van der Waals surface area contributed by atoms with Crippen molar-refractivity contribution in [3.63, 3.8) is 0 Å². The highest BCUT2D eigenvalue weighted by Crippen LogP contribution is 2.35. The lowest BCUT2D eigenvalue weighted by Crippen LogP contribution is -2.23. The van der Waals surface area contributed by atoms with Crippen molar-refractivity contribution in [2.75, 3.05) is 5.32 Å². The number of nitrogens with one attached hydrogen (secondary N) is 1. The zero-order chi connectivity index (χ0) is 20.4. The van der Waals surface area contributed by atoms with Crippen LogP contribution in [-0.2, 0) is 0 Å². The zero-order valence-electron chi connectivity index (χ0n) is 14.9. The van der Waals surface area contributed by atoms with Gasteiger partial charge in [0.2, 0.25) is 17.5 Å². The monoisotopic (exact) mass is 402 g/mol. The molecule has 28 heavy (non-hydrogen) atoms. The standard InChI is InChI=1S/C19H16ClFN4O3/c1-9-13(5-6-14(22-3)16(9)20)23-17(10(2)26)19-25-24-18(28-19)11-4-7-15(27)12(21)8-11/h4-8,10,17,23,26-27H,1-2H3/t10-,17+/m0/s1. The molecule has 9 heteroatoms. The van der Waals surface area contributed by atoms with Gasteiger partial charge >= 0.3 is 0 Å². The van der Waals surface area contributed by atoms with E-state index in [9.17, 15) is 14.6 Å². The summed E-state index contributed by atoms with van der Waals surface area (Å²) in [5, 5.41) is 30.7. The van der Waals surface area contributed by atoms with Crippen molar-refractivity contribution < 1.29 is 19.0 Å². The minimum Gasteiger partial charge on any atom is -0.505 e. The molecule has 3 aromatic rings. The van der Waals surface area contributed by atoms with Crippen molar-refractivity contribution in [3.05, 3.63) is 64.0 Å². The number of hydrogen-bond acceptors (Lipinski definition) is 6. The summed E-state index contributed by atoms with van der Waals surface area (Å²) in [4.78, 5) is 3.35. The van der Waals surface area contributed by atoms with Crippen LogP contribution in [0.1, 0.15) is 24.4 Å². The molecule has 7 nitrogen and oxygen atoms in total. The third-order valence-corrected chi connectivity index (χ3v) is 4.66. The lowest BCUT2D eigenvalue weighted by molar-refractivity contribution is 0.159. The maximum absolute atomic E-state index is 13.6. The number of phenols is 1. The van der Waals surface area contributed by atoms with Crippen LogP contribution >= 0.6 is 11.6 Å². The Bertz CT molecular complexity index is 1060. The Kier molecular flexibility index (Phi) is 5.49. The Balaban J connectivity index is 1.92. The van der Waals surface area contributed by atoms with Crippen LogP contribution in [-0.4, -0.2) is 26.5 Å². The molecule has 0 spiro atoms. The lowest BCUT2D eigenvalue weighted by Gasteiger charge is -2.21. The number of aliphatic hydroxyl groups is 1. The van der Waals surface area contributed by atoms with E-state index in [1.54, 1.807) is 26.0 Å². The van der Waals surface area contributed by atoms with Gasteiger partial charge < -0.3 is 19.9 Å². The predicted octanol–water partition coefficient (Wildman–Crippen LogP) is 4.63. The van der Waals surface area contributed by atoms with E-state index >= 15 is 0 Å². The first-order valence-corrected chi connectivity index (χ1v) is 8.63. The van der Waals surface area contributed by atoms with Gasteiger partial charge in [0.1, 0.15) is 6.04 Å². The molecule has 0 aliphatic carbocycles. The van der Waals surface area contributed by atoms with Crippen LogP contribution in [0.15, 0.2) is 34.7 Å². The number of halogens is 2. The van der Waals surface area contributed by atoms with E-state index in [-0.39, 0.29) is 11.8 Å². The molecule has 0 saturated carbocycles. The second-order valence-electron chi connectivity index (χ2n) is 6.16. The Hall–Kier alpha value is -3.15. The van der Waals surface area contributed by atoms with E-state index in [1.807, 2.05) is 0 Å². The second-order valence-corrected chi connectivity index (χ2v) is 6.54.